The zero-order chi connectivity index (χ0) is 18.7. The number of aromatic nitrogens is 3. The first kappa shape index (κ1) is 17.5. The number of hydrogen-bond donors (Lipinski definition) is 1. The van der Waals surface area contributed by atoms with Crippen LogP contribution in [0.5, 0.6) is 0 Å². The molecular weight excluding hydrogens is 328 g/mol. The van der Waals surface area contributed by atoms with E-state index in [2.05, 4.69) is 15.4 Å². The summed E-state index contributed by atoms with van der Waals surface area (Å²) < 4.78 is 1.19. The van der Waals surface area contributed by atoms with Gasteiger partial charge in [-0.1, -0.05) is 6.07 Å². The summed E-state index contributed by atoms with van der Waals surface area (Å²) in [4.78, 5) is 28.9. The Balaban J connectivity index is 1.88. The Hall–Kier alpha value is -3.28. The van der Waals surface area contributed by atoms with Crippen LogP contribution >= 0.6 is 0 Å². The molecule has 1 aromatic carbocycles. The molecule has 132 valence electrons. The highest BCUT2D eigenvalue weighted by atomic mass is 16.2. The van der Waals surface area contributed by atoms with Gasteiger partial charge in [0.25, 0.3) is 5.56 Å². The van der Waals surface area contributed by atoms with Gasteiger partial charge < -0.3 is 5.32 Å². The number of rotatable bonds is 4. The molecule has 2 heterocycles. The second kappa shape index (κ2) is 7.31. The molecule has 0 aliphatic heterocycles. The van der Waals surface area contributed by atoms with E-state index in [1.807, 2.05) is 38.1 Å². The lowest BCUT2D eigenvalue weighted by Gasteiger charge is -2.15. The Morgan fingerprint density at radius 2 is 1.85 bits per heavy atom. The van der Waals surface area contributed by atoms with Crippen molar-refractivity contribution >= 4 is 11.6 Å². The number of carbonyl (C=O) groups is 1. The van der Waals surface area contributed by atoms with Crippen molar-refractivity contribution in [1.82, 2.24) is 14.8 Å². The van der Waals surface area contributed by atoms with E-state index >= 15 is 0 Å². The van der Waals surface area contributed by atoms with Gasteiger partial charge in [-0.15, -0.1) is 0 Å². The predicted octanol–water partition coefficient (Wildman–Crippen LogP) is 3.12. The Morgan fingerprint density at radius 1 is 1.12 bits per heavy atom. The van der Waals surface area contributed by atoms with Crippen LogP contribution in [0.4, 0.5) is 5.69 Å². The van der Waals surface area contributed by atoms with Gasteiger partial charge in [0.15, 0.2) is 0 Å². The molecule has 0 saturated heterocycles. The molecule has 0 saturated carbocycles. The van der Waals surface area contributed by atoms with Crippen LogP contribution in [0.3, 0.4) is 0 Å². The third-order valence-corrected chi connectivity index (χ3v) is 4.02. The number of carbonyl (C=O) groups excluding carboxylic acids is 1. The summed E-state index contributed by atoms with van der Waals surface area (Å²) >= 11 is 0. The van der Waals surface area contributed by atoms with Gasteiger partial charge in [0.05, 0.1) is 5.69 Å². The molecule has 1 unspecified atom stereocenters. The van der Waals surface area contributed by atoms with Gasteiger partial charge in [0.2, 0.25) is 5.91 Å². The van der Waals surface area contributed by atoms with Crippen molar-refractivity contribution in [1.29, 1.82) is 0 Å². The van der Waals surface area contributed by atoms with Gasteiger partial charge in [0.1, 0.15) is 6.04 Å². The van der Waals surface area contributed by atoms with E-state index in [0.29, 0.717) is 11.4 Å². The Kier molecular flexibility index (Phi) is 4.93. The van der Waals surface area contributed by atoms with Gasteiger partial charge in [-0.05, 0) is 62.2 Å². The minimum absolute atomic E-state index is 0.298. The molecule has 6 nitrogen and oxygen atoms in total. The molecule has 2 aromatic heterocycles. The van der Waals surface area contributed by atoms with Crippen molar-refractivity contribution in [3.63, 3.8) is 0 Å². The fraction of sp³-hybridized carbons (Fsp3) is 0.200. The van der Waals surface area contributed by atoms with Crippen LogP contribution in [0.1, 0.15) is 24.1 Å². The van der Waals surface area contributed by atoms with E-state index < -0.39 is 6.04 Å². The quantitative estimate of drug-likeness (QED) is 0.786. The molecule has 1 N–H and O–H groups in total. The number of hydrogen-bond acceptors (Lipinski definition) is 4. The number of benzene rings is 1. The molecule has 0 radical (unpaired) electrons. The van der Waals surface area contributed by atoms with Crippen LogP contribution in [0.25, 0.3) is 11.3 Å². The number of aryl methyl sites for hydroxylation is 2. The lowest BCUT2D eigenvalue weighted by Crippen LogP contribution is -2.33. The van der Waals surface area contributed by atoms with E-state index in [9.17, 15) is 9.59 Å². The molecule has 3 aromatic rings. The lowest BCUT2D eigenvalue weighted by molar-refractivity contribution is -0.119. The number of nitrogens with one attached hydrogen (secondary N) is 1. The summed E-state index contributed by atoms with van der Waals surface area (Å²) in [6.07, 6.45) is 3.33. The molecule has 0 bridgehead atoms. The monoisotopic (exact) mass is 348 g/mol. The molecule has 0 aliphatic rings. The molecule has 1 amide bonds. The van der Waals surface area contributed by atoms with E-state index in [4.69, 9.17) is 0 Å². The minimum Gasteiger partial charge on any atom is -0.324 e. The third kappa shape index (κ3) is 3.85. The third-order valence-electron chi connectivity index (χ3n) is 4.02. The minimum atomic E-state index is -0.750. The maximum Gasteiger partial charge on any atom is 0.267 e. The van der Waals surface area contributed by atoms with Crippen LogP contribution in [0.2, 0.25) is 0 Å². The van der Waals surface area contributed by atoms with Crippen molar-refractivity contribution in [2.75, 3.05) is 5.32 Å². The normalized spacial score (nSPS) is 11.8. The highest BCUT2D eigenvalue weighted by Gasteiger charge is 2.18. The van der Waals surface area contributed by atoms with E-state index in [1.165, 1.54) is 10.7 Å². The highest BCUT2D eigenvalue weighted by molar-refractivity contribution is 5.93. The lowest BCUT2D eigenvalue weighted by atomic mass is 10.1. The smallest absolute Gasteiger partial charge is 0.267 e. The number of anilines is 1. The standard InChI is InChI=1S/C20H20N4O2/c1-13-9-14(2)11-17(10-13)22-20(26)15(3)24-19(25)7-6-18(23-24)16-5-4-8-21-12-16/h4-12,15H,1-3H3,(H,22,26). The molecule has 0 aliphatic carbocycles. The van der Waals surface area contributed by atoms with Crippen molar-refractivity contribution in [3.8, 4) is 11.3 Å². The zero-order valence-electron chi connectivity index (χ0n) is 14.9. The average molecular weight is 348 g/mol. The fourth-order valence-corrected chi connectivity index (χ4v) is 2.78. The molecule has 26 heavy (non-hydrogen) atoms. The first-order chi connectivity index (χ1) is 12.4. The van der Waals surface area contributed by atoms with Crippen molar-refractivity contribution in [3.05, 3.63) is 76.3 Å². The number of amides is 1. The van der Waals surface area contributed by atoms with Gasteiger partial charge in [0, 0.05) is 29.7 Å². The number of pyridine rings is 1. The highest BCUT2D eigenvalue weighted by Crippen LogP contribution is 2.17. The van der Waals surface area contributed by atoms with Gasteiger partial charge in [-0.25, -0.2) is 4.68 Å². The second-order valence-electron chi connectivity index (χ2n) is 6.28. The molecule has 0 spiro atoms. The van der Waals surface area contributed by atoms with Crippen molar-refractivity contribution in [2.24, 2.45) is 0 Å². The van der Waals surface area contributed by atoms with Crippen LogP contribution in [-0.2, 0) is 4.79 Å². The SMILES string of the molecule is Cc1cc(C)cc(NC(=O)C(C)n2nc(-c3cccnc3)ccc2=O)c1. The van der Waals surface area contributed by atoms with E-state index in [1.54, 1.807) is 31.5 Å². The van der Waals surface area contributed by atoms with E-state index in [-0.39, 0.29) is 11.5 Å². The molecule has 1 atom stereocenters. The van der Waals surface area contributed by atoms with Crippen LogP contribution in [-0.4, -0.2) is 20.7 Å². The summed E-state index contributed by atoms with van der Waals surface area (Å²) in [6, 6.07) is 11.7. The van der Waals surface area contributed by atoms with Crippen LogP contribution in [0.15, 0.2) is 59.7 Å². The summed E-state index contributed by atoms with van der Waals surface area (Å²) in [6.45, 7) is 5.59. The van der Waals surface area contributed by atoms with Crippen LogP contribution in [0, 0.1) is 13.8 Å². The first-order valence-corrected chi connectivity index (χ1v) is 8.33. The molecular formula is C20H20N4O2. The first-order valence-electron chi connectivity index (χ1n) is 8.33. The topological polar surface area (TPSA) is 76.9 Å². The summed E-state index contributed by atoms with van der Waals surface area (Å²) in [5.41, 5.74) is 3.85. The van der Waals surface area contributed by atoms with Crippen molar-refractivity contribution < 1.29 is 4.79 Å². The molecule has 0 fully saturated rings. The summed E-state index contributed by atoms with van der Waals surface area (Å²) in [7, 11) is 0. The summed E-state index contributed by atoms with van der Waals surface area (Å²) in [5.74, 6) is -0.298. The van der Waals surface area contributed by atoms with Crippen LogP contribution < -0.4 is 10.9 Å². The van der Waals surface area contributed by atoms with Gasteiger partial charge in [-0.3, -0.25) is 14.6 Å². The largest absolute Gasteiger partial charge is 0.324 e. The summed E-state index contributed by atoms with van der Waals surface area (Å²) in [5, 5.41) is 7.20. The Labute approximate surface area is 151 Å². The zero-order valence-corrected chi connectivity index (χ0v) is 14.9. The van der Waals surface area contributed by atoms with Crippen molar-refractivity contribution in [2.45, 2.75) is 26.8 Å². The Morgan fingerprint density at radius 3 is 2.50 bits per heavy atom. The Bertz CT molecular complexity index is 976. The fourth-order valence-electron chi connectivity index (χ4n) is 2.78. The van der Waals surface area contributed by atoms with Gasteiger partial charge in [-0.2, -0.15) is 5.10 Å². The molecule has 3 rings (SSSR count). The maximum atomic E-state index is 12.6. The predicted molar refractivity (Wildman–Crippen MR) is 101 cm³/mol. The maximum absolute atomic E-state index is 12.6. The van der Waals surface area contributed by atoms with E-state index in [0.717, 1.165) is 16.7 Å². The molecule has 6 heteroatoms. The van der Waals surface area contributed by atoms with Gasteiger partial charge >= 0.3 is 0 Å². The number of nitrogens with zero attached hydrogens (tertiary/aromatic N) is 3. The average Bonchev–Trinajstić information content (AvgIpc) is 2.61. The second-order valence-corrected chi connectivity index (χ2v) is 6.28.